The standard InChI is InChI=1S/C85H114N20O30S4/c1-42(86)69(115)101-61-39-137-27-29-139(134,135)105-25-24-104-40-85(131,41-105)89-37-59-79(125)96-55(33-50(83(129)130)66(81(127)99-59)102-77(123)54(32-47-16-11-15-46-14-9-10-17-49(46)47)95-71(117)51(22-23-63(108)109)91-75(121)56(34-62(87)107)92-70(116)43(2)90-80(61)126)74(120)97-57(35-64(110)111)76(122)94-52(30-44-12-7-6-8-13-44)72(118)93-53(31-45-18-20-48(106)21-19-45)73(119)98-58(36-65(112)113)78(124)103-67(84(3,4)5)82(128)100-60(68(88)114)38-136-26-28-138(104,132)133/h6-21,42-43,50-61,66-67,89,106,131H,22-41,86H2,1-5H3,(H2,87,107)(H2,88,114)(H,90,126)(H,91,121)(H,92,116)(H,93,118)(H,94,122)(H,95,117)(H,96,125)(H,97,120)(H,98,119)(H,99,127)(H,100,128)(H,101,115)(H,102,123)(H,103,124)(H,108,109)(H,110,111)(H,112,113)(H,129,130)/t42-,43+,50?,51-,52-,53-,54-,55-,56-,57-,58-,59-,60-,61-,66+,67+,85?/m0/s1. The summed E-state index contributed by atoms with van der Waals surface area (Å²) in [5.74, 6) is -36.3. The van der Waals surface area contributed by atoms with Gasteiger partial charge in [-0.2, -0.15) is 32.1 Å². The minimum atomic E-state index is -4.90. The molecule has 4 saturated heterocycles. The van der Waals surface area contributed by atoms with Crippen molar-refractivity contribution < 1.29 is 143 Å². The van der Waals surface area contributed by atoms with Crippen LogP contribution in [0.1, 0.15) is 89.8 Å². The summed E-state index contributed by atoms with van der Waals surface area (Å²) < 4.78 is 61.0. The highest BCUT2D eigenvalue weighted by Crippen LogP contribution is 2.27. The van der Waals surface area contributed by atoms with Gasteiger partial charge >= 0.3 is 23.9 Å². The Morgan fingerprint density at radius 1 is 0.504 bits per heavy atom. The van der Waals surface area contributed by atoms with Gasteiger partial charge in [0.2, 0.25) is 115 Å². The molecule has 8 rings (SSSR count). The number of hydrogen-bond acceptors (Lipinski definition) is 30. The van der Waals surface area contributed by atoms with Crippen molar-refractivity contribution in [2.45, 2.75) is 189 Å². The van der Waals surface area contributed by atoms with E-state index >= 15 is 33.6 Å². The summed E-state index contributed by atoms with van der Waals surface area (Å²) in [5, 5.41) is 101. The molecule has 6 bridgehead atoms. The van der Waals surface area contributed by atoms with Crippen molar-refractivity contribution in [3.8, 4) is 5.75 Å². The number of phenolic OH excluding ortho intramolecular Hbond substituents is 1. The number of aromatic hydroxyl groups is 1. The summed E-state index contributed by atoms with van der Waals surface area (Å²) in [6.07, 6.45) is -8.91. The highest BCUT2D eigenvalue weighted by atomic mass is 32.2. The van der Waals surface area contributed by atoms with Crippen LogP contribution in [0.5, 0.6) is 5.75 Å². The fourth-order valence-corrected chi connectivity index (χ4v) is 21.0. The lowest BCUT2D eigenvalue weighted by atomic mass is 9.85. The number of carbonyl (C=O) groups is 20. The molecule has 4 fully saturated rings. The van der Waals surface area contributed by atoms with Gasteiger partial charge in [0, 0.05) is 68.3 Å². The topological polar surface area (TPSA) is 796 Å². The summed E-state index contributed by atoms with van der Waals surface area (Å²) in [4.78, 5) is 286. The van der Waals surface area contributed by atoms with Gasteiger partial charge < -0.3 is 122 Å². The van der Waals surface area contributed by atoms with E-state index in [1.165, 1.54) is 88.4 Å². The lowest BCUT2D eigenvalue weighted by Crippen LogP contribution is -2.64. The van der Waals surface area contributed by atoms with Crippen LogP contribution in [-0.2, 0) is 135 Å². The van der Waals surface area contributed by atoms with Crippen molar-refractivity contribution in [1.29, 1.82) is 0 Å². The number of primary amides is 2. The highest BCUT2D eigenvalue weighted by molar-refractivity contribution is 8.00. The van der Waals surface area contributed by atoms with Crippen LogP contribution in [0.2, 0.25) is 0 Å². The lowest BCUT2D eigenvalue weighted by Gasteiger charge is -2.35. The fourth-order valence-electron chi connectivity index (χ4n) is 15.0. The third-order valence-corrected chi connectivity index (χ3v) is 28.8. The Hall–Kier alpha value is -13.3. The molecule has 54 heteroatoms. The quantitative estimate of drug-likeness (QED) is 0.0414. The first-order valence-corrected chi connectivity index (χ1v) is 49.1. The Balaban J connectivity index is 1.33. The van der Waals surface area contributed by atoms with E-state index < -0.39 is 371 Å². The lowest BCUT2D eigenvalue weighted by molar-refractivity contribution is -0.147. The van der Waals surface area contributed by atoms with E-state index in [1.54, 1.807) is 36.4 Å². The van der Waals surface area contributed by atoms with Crippen molar-refractivity contribution >= 4 is 173 Å². The van der Waals surface area contributed by atoms with E-state index in [1.807, 2.05) is 0 Å². The molecule has 0 aliphatic carbocycles. The van der Waals surface area contributed by atoms with E-state index in [-0.39, 0.29) is 22.4 Å². The number of amides is 16. The molecule has 0 radical (unpaired) electrons. The number of carboxylic acid groups (broad SMARTS) is 4. The highest BCUT2D eigenvalue weighted by Gasteiger charge is 2.49. The van der Waals surface area contributed by atoms with Gasteiger partial charge in [0.1, 0.15) is 96.1 Å². The van der Waals surface area contributed by atoms with Gasteiger partial charge in [0.05, 0.1) is 55.8 Å². The van der Waals surface area contributed by atoms with Crippen LogP contribution < -0.4 is 97.0 Å². The van der Waals surface area contributed by atoms with Gasteiger partial charge in [-0.15, -0.1) is 0 Å². The fraction of sp³-hybridized carbons (Fsp3) is 0.506. The summed E-state index contributed by atoms with van der Waals surface area (Å²) >= 11 is 1.35. The average molecular weight is 2020 g/mol. The van der Waals surface area contributed by atoms with Gasteiger partial charge in [-0.3, -0.25) is 101 Å². The summed E-state index contributed by atoms with van der Waals surface area (Å²) in [7, 11) is -9.80. The molecular weight excluding hydrogens is 1910 g/mol. The van der Waals surface area contributed by atoms with E-state index in [0.29, 0.717) is 42.9 Å². The molecule has 19 atom stereocenters. The number of aliphatic hydroxyl groups is 1. The number of hydrogen-bond donors (Lipinski definition) is 24. The van der Waals surface area contributed by atoms with E-state index in [2.05, 4.69) is 79.8 Å². The molecule has 0 saturated carbocycles. The van der Waals surface area contributed by atoms with Crippen LogP contribution in [0, 0.1) is 11.3 Å². The SMILES string of the molecule is C[C@H](N)C(=O)N[C@H]1CSCCS(=O)(=O)N2CCN3CC(O)(C2)NC[C@@H]2NC(=O)[C@H](NC(=O)[C@H](Cc4cccc5ccccc45)NC(=O)[C@H](CCC(=O)O)NC(=O)[C@H](CC(N)=O)NC(=O)[C@@H](C)NC1=O)C(C(=O)O)C[C@H](NC2=O)C(=O)N[C@@H](CC(=O)O)C(=O)N[C@@H](Cc1ccccc1)C(=O)N[C@@H](Cc1ccc(O)cc1)C(=O)N[C@@H](CC(=O)O)C(=O)N[C@@H](C(C)(C)C)C(=O)N[C@H](C(N)=O)CSCCS3(=O)=O. The van der Waals surface area contributed by atoms with E-state index in [0.717, 1.165) is 6.92 Å². The number of nitrogens with two attached hydrogens (primary N) is 3. The number of aliphatic carboxylic acids is 4. The number of sulfonamides is 2. The number of thioether (sulfide) groups is 2. The first-order chi connectivity index (χ1) is 65.2. The number of benzene rings is 4. The molecule has 4 aromatic carbocycles. The second-order valence-electron chi connectivity index (χ2n) is 34.6. The largest absolute Gasteiger partial charge is 0.508 e. The molecule has 16 amide bonds. The molecule has 0 aromatic heterocycles. The Labute approximate surface area is 804 Å². The Kier molecular flexibility index (Phi) is 39.8. The maximum atomic E-state index is 15.8. The minimum Gasteiger partial charge on any atom is -0.508 e. The van der Waals surface area contributed by atoms with Gasteiger partial charge in [0.15, 0.2) is 0 Å². The maximum absolute atomic E-state index is 15.8. The van der Waals surface area contributed by atoms with Crippen LogP contribution in [0.4, 0.5) is 0 Å². The molecule has 4 aliphatic rings. The normalized spacial score (nSPS) is 28.1. The molecule has 27 N–H and O–H groups in total. The van der Waals surface area contributed by atoms with Crippen molar-refractivity contribution in [2.75, 3.05) is 67.2 Å². The number of rotatable bonds is 19. The van der Waals surface area contributed by atoms with Crippen molar-refractivity contribution in [2.24, 2.45) is 28.5 Å². The molecule has 4 aliphatic heterocycles. The molecule has 4 heterocycles. The van der Waals surface area contributed by atoms with Gasteiger partial charge in [-0.05, 0) is 71.7 Å². The molecule has 758 valence electrons. The summed E-state index contributed by atoms with van der Waals surface area (Å²) in [6, 6.07) is -7.46. The molecular formula is C85H114N20O30S4. The third-order valence-electron chi connectivity index (χ3n) is 22.6. The Bertz CT molecular complexity index is 5520. The monoisotopic (exact) mass is 2020 g/mol. The number of carboxylic acids is 4. The second kappa shape index (κ2) is 49.9. The second-order valence-corrected chi connectivity index (χ2v) is 41.1. The zero-order valence-corrected chi connectivity index (χ0v) is 79.1. The van der Waals surface area contributed by atoms with Gasteiger partial charge in [-0.1, -0.05) is 106 Å². The first-order valence-electron chi connectivity index (χ1n) is 43.5. The number of nitrogens with one attached hydrogen (secondary N) is 15. The molecule has 0 spiro atoms. The number of carbonyl (C=O) groups excluding carboxylic acids is 16. The Morgan fingerprint density at radius 2 is 0.971 bits per heavy atom. The summed E-state index contributed by atoms with van der Waals surface area (Å²) in [5.41, 5.74) is 13.4. The molecule has 4 unspecified atom stereocenters. The van der Waals surface area contributed by atoms with Gasteiger partial charge in [-0.25, -0.2) is 16.8 Å². The number of nitrogens with zero attached hydrogens (tertiary/aromatic N) is 2. The zero-order chi connectivity index (χ0) is 103. The number of phenols is 1. The Morgan fingerprint density at radius 3 is 1.51 bits per heavy atom. The van der Waals surface area contributed by atoms with Crippen LogP contribution in [-0.4, -0.2) is 338 Å². The third kappa shape index (κ3) is 33.2. The van der Waals surface area contributed by atoms with E-state index in [4.69, 9.17) is 17.2 Å². The predicted octanol–water partition coefficient (Wildman–Crippen LogP) is -8.90. The minimum absolute atomic E-state index is 0.159. The molecule has 4 aromatic rings. The molecule has 50 nitrogen and oxygen atoms in total. The first kappa shape index (κ1) is 111. The van der Waals surface area contributed by atoms with Crippen molar-refractivity contribution in [3.05, 3.63) is 114 Å². The van der Waals surface area contributed by atoms with Crippen LogP contribution >= 0.6 is 23.5 Å². The maximum Gasteiger partial charge on any atom is 0.309 e. The van der Waals surface area contributed by atoms with E-state index in [9.17, 15) is 110 Å². The smallest absolute Gasteiger partial charge is 0.309 e. The zero-order valence-electron chi connectivity index (χ0n) is 75.9. The van der Waals surface area contributed by atoms with Crippen LogP contribution in [0.25, 0.3) is 10.8 Å². The van der Waals surface area contributed by atoms with Crippen LogP contribution in [0.3, 0.4) is 0 Å². The summed E-state index contributed by atoms with van der Waals surface area (Å²) in [6.45, 7) is 1.20. The van der Waals surface area contributed by atoms with Crippen molar-refractivity contribution in [1.82, 2.24) is 88.4 Å². The van der Waals surface area contributed by atoms with Gasteiger partial charge in [0.25, 0.3) is 0 Å². The predicted molar refractivity (Wildman–Crippen MR) is 494 cm³/mol. The average Bonchev–Trinajstić information content (AvgIpc) is 1.70. The number of fused-ring (bicyclic) bond motifs is 8. The van der Waals surface area contributed by atoms with Crippen LogP contribution in [0.15, 0.2) is 97.1 Å². The van der Waals surface area contributed by atoms with Crippen molar-refractivity contribution in [3.63, 3.8) is 0 Å². The molecule has 139 heavy (non-hydrogen) atoms.